The van der Waals surface area contributed by atoms with Crippen LogP contribution in [0.1, 0.15) is 114 Å². The summed E-state index contributed by atoms with van der Waals surface area (Å²) in [5.74, 6) is 0.174. The van der Waals surface area contributed by atoms with Gasteiger partial charge in [-0.05, 0) is 25.8 Å². The summed E-state index contributed by atoms with van der Waals surface area (Å²) in [5.41, 5.74) is 1.32. The van der Waals surface area contributed by atoms with E-state index in [1.165, 1.54) is 77.7 Å². The molecule has 3 heteroatoms. The zero-order chi connectivity index (χ0) is 22.4. The van der Waals surface area contributed by atoms with E-state index in [9.17, 15) is 0 Å². The molecule has 1 aromatic rings. The van der Waals surface area contributed by atoms with Crippen LogP contribution >= 0.6 is 0 Å². The van der Waals surface area contributed by atoms with Gasteiger partial charge >= 0.3 is 0 Å². The summed E-state index contributed by atoms with van der Waals surface area (Å²) < 4.78 is 31.0. The highest BCUT2D eigenvalue weighted by molar-refractivity contribution is 5.29. The lowest BCUT2D eigenvalue weighted by Crippen LogP contribution is -2.14. The van der Waals surface area contributed by atoms with Crippen molar-refractivity contribution in [1.82, 2.24) is 9.97 Å². The first-order chi connectivity index (χ1) is 14.3. The molecule has 1 unspecified atom stereocenters. The first-order valence-electron chi connectivity index (χ1n) is 12.8. The molecule has 0 bridgehead atoms. The fourth-order valence-electron chi connectivity index (χ4n) is 3.24. The van der Waals surface area contributed by atoms with E-state index in [1.54, 1.807) is 6.07 Å². The van der Waals surface area contributed by atoms with E-state index in [1.807, 2.05) is 6.92 Å². The van der Waals surface area contributed by atoms with Crippen LogP contribution < -0.4 is 4.90 Å². The number of rotatable bonds is 16. The third kappa shape index (κ3) is 11.5. The zero-order valence-corrected chi connectivity index (χ0v) is 17.4. The molecule has 150 valence electrons. The Morgan fingerprint density at radius 1 is 0.846 bits per heavy atom. The van der Waals surface area contributed by atoms with Crippen LogP contribution in [0.2, 0.25) is 0 Å². The van der Waals surface area contributed by atoms with Crippen LogP contribution in [0, 0.1) is 6.92 Å². The van der Waals surface area contributed by atoms with Crippen molar-refractivity contribution in [2.45, 2.75) is 110 Å². The summed E-state index contributed by atoms with van der Waals surface area (Å²) in [6, 6.07) is 1.80. The number of aromatic nitrogens is 2. The second-order valence-corrected chi connectivity index (χ2v) is 7.53. The molecule has 1 heterocycles. The molecule has 0 saturated heterocycles. The van der Waals surface area contributed by atoms with Crippen molar-refractivity contribution in [3.05, 3.63) is 17.5 Å². The number of unbranched alkanes of at least 4 members (excludes halogenated alkanes) is 12. The molecule has 0 radical (unpaired) electrons. The normalized spacial score (nSPS) is 15.0. The summed E-state index contributed by atoms with van der Waals surface area (Å²) in [7, 11) is 1.47. The van der Waals surface area contributed by atoms with Crippen molar-refractivity contribution in [1.29, 1.82) is 0 Å². The Bertz CT molecular complexity index is 578. The predicted molar refractivity (Wildman–Crippen MR) is 115 cm³/mol. The van der Waals surface area contributed by atoms with Crippen LogP contribution in [0.4, 0.5) is 5.95 Å². The highest BCUT2D eigenvalue weighted by Gasteiger charge is 2.04. The predicted octanol–water partition coefficient (Wildman–Crippen LogP) is 6.87. The Kier molecular flexibility index (Phi) is 9.81. The average Bonchev–Trinajstić information content (AvgIpc) is 2.69. The SMILES string of the molecule is [2H]C(CCCCCCCCCCCCCCC)c1cc(C)nc(N(C)C([2H])([2H])[2H])n1. The molecule has 0 N–H and O–H groups in total. The minimum Gasteiger partial charge on any atom is -0.347 e. The summed E-state index contributed by atoms with van der Waals surface area (Å²) in [5, 5.41) is 0. The van der Waals surface area contributed by atoms with Gasteiger partial charge < -0.3 is 4.90 Å². The van der Waals surface area contributed by atoms with Crippen molar-refractivity contribution in [3.63, 3.8) is 0 Å². The molecule has 0 amide bonds. The number of hydrogen-bond donors (Lipinski definition) is 0. The van der Waals surface area contributed by atoms with E-state index in [0.29, 0.717) is 11.4 Å². The van der Waals surface area contributed by atoms with Gasteiger partial charge in [0.2, 0.25) is 5.95 Å². The number of nitrogens with zero attached hydrogens (tertiary/aromatic N) is 3. The Labute approximate surface area is 168 Å². The largest absolute Gasteiger partial charge is 0.347 e. The van der Waals surface area contributed by atoms with Gasteiger partial charge in [0.15, 0.2) is 0 Å². The fraction of sp³-hybridized carbons (Fsp3) is 0.826. The van der Waals surface area contributed by atoms with Crippen LogP contribution in [0.5, 0.6) is 0 Å². The summed E-state index contributed by atoms with van der Waals surface area (Å²) in [4.78, 5) is 9.67. The first kappa shape index (κ1) is 17.0. The third-order valence-corrected chi connectivity index (χ3v) is 4.82. The average molecular weight is 366 g/mol. The maximum absolute atomic E-state index is 8.41. The molecule has 1 aromatic heterocycles. The molecule has 0 aliphatic heterocycles. The summed E-state index contributed by atoms with van der Waals surface area (Å²) in [6.45, 7) is 1.80. The van der Waals surface area contributed by atoms with Gasteiger partial charge in [-0.3, -0.25) is 0 Å². The highest BCUT2D eigenvalue weighted by atomic mass is 15.2. The van der Waals surface area contributed by atoms with Gasteiger partial charge in [0.25, 0.3) is 0 Å². The molecule has 1 atom stereocenters. The van der Waals surface area contributed by atoms with Gasteiger partial charge in [-0.2, -0.15) is 0 Å². The van der Waals surface area contributed by atoms with Gasteiger partial charge in [0.05, 0.1) is 0 Å². The van der Waals surface area contributed by atoms with E-state index >= 15 is 0 Å². The number of aryl methyl sites for hydroxylation is 2. The van der Waals surface area contributed by atoms with E-state index in [0.717, 1.165) is 24.2 Å². The molecule has 1 rings (SSSR count). The molecular formula is C23H43N3. The molecule has 0 aliphatic carbocycles. The van der Waals surface area contributed by atoms with E-state index in [2.05, 4.69) is 16.9 Å². The Morgan fingerprint density at radius 2 is 1.35 bits per heavy atom. The number of anilines is 1. The van der Waals surface area contributed by atoms with Gasteiger partial charge in [-0.25, -0.2) is 9.97 Å². The molecular weight excluding hydrogens is 318 g/mol. The van der Waals surface area contributed by atoms with Crippen molar-refractivity contribution in [3.8, 4) is 0 Å². The van der Waals surface area contributed by atoms with Crippen LogP contribution in [0.3, 0.4) is 0 Å². The van der Waals surface area contributed by atoms with Crippen LogP contribution in [0.15, 0.2) is 6.07 Å². The second-order valence-electron chi connectivity index (χ2n) is 7.53. The van der Waals surface area contributed by atoms with Crippen LogP contribution in [-0.2, 0) is 6.40 Å². The Hall–Kier alpha value is -1.12. The van der Waals surface area contributed by atoms with E-state index in [-0.39, 0.29) is 5.95 Å². The van der Waals surface area contributed by atoms with Gasteiger partial charge in [-0.1, -0.05) is 90.4 Å². The third-order valence-electron chi connectivity index (χ3n) is 4.82. The van der Waals surface area contributed by atoms with Crippen LogP contribution in [-0.4, -0.2) is 24.0 Å². The maximum Gasteiger partial charge on any atom is 0.225 e. The monoisotopic (exact) mass is 365 g/mol. The van der Waals surface area contributed by atoms with Gasteiger partial charge in [-0.15, -0.1) is 0 Å². The Morgan fingerprint density at radius 3 is 1.85 bits per heavy atom. The quantitative estimate of drug-likeness (QED) is 0.299. The molecule has 0 aromatic carbocycles. The minimum absolute atomic E-state index is 0.174. The molecule has 26 heavy (non-hydrogen) atoms. The molecule has 0 saturated carbocycles. The topological polar surface area (TPSA) is 29.0 Å². The van der Waals surface area contributed by atoms with E-state index in [4.69, 9.17) is 5.48 Å². The highest BCUT2D eigenvalue weighted by Crippen LogP contribution is 2.14. The number of hydrogen-bond acceptors (Lipinski definition) is 3. The van der Waals surface area contributed by atoms with Gasteiger partial charge in [0, 0.05) is 30.9 Å². The summed E-state index contributed by atoms with van der Waals surface area (Å²) >= 11 is 0. The molecule has 0 aliphatic rings. The zero-order valence-electron chi connectivity index (χ0n) is 21.4. The first-order valence-corrected chi connectivity index (χ1v) is 10.8. The van der Waals surface area contributed by atoms with Crippen LogP contribution in [0.25, 0.3) is 0 Å². The lowest BCUT2D eigenvalue weighted by molar-refractivity contribution is 0.535. The lowest BCUT2D eigenvalue weighted by Gasteiger charge is -2.12. The molecule has 0 fully saturated rings. The fourth-order valence-corrected chi connectivity index (χ4v) is 3.24. The standard InChI is InChI=1S/C23H43N3/c1-5-6-7-8-9-10-11-12-13-14-15-16-17-18-19-22-20-21(2)24-23(25-22)26(3)4/h20H,5-19H2,1-4H3/i3D3,19D. The Balaban J connectivity index is 2.19. The maximum atomic E-state index is 8.41. The smallest absolute Gasteiger partial charge is 0.225 e. The lowest BCUT2D eigenvalue weighted by atomic mass is 10.0. The van der Waals surface area contributed by atoms with Crippen molar-refractivity contribution < 1.29 is 5.48 Å². The molecule has 3 nitrogen and oxygen atoms in total. The van der Waals surface area contributed by atoms with E-state index < -0.39 is 13.4 Å². The molecule has 0 spiro atoms. The van der Waals surface area contributed by atoms with Crippen molar-refractivity contribution >= 4 is 5.95 Å². The second kappa shape index (κ2) is 15.0. The minimum atomic E-state index is -2.28. The van der Waals surface area contributed by atoms with Gasteiger partial charge in [0.1, 0.15) is 0 Å². The van der Waals surface area contributed by atoms with Crippen molar-refractivity contribution in [2.24, 2.45) is 0 Å². The summed E-state index contributed by atoms with van der Waals surface area (Å²) in [6.07, 6.45) is 17.4. The van der Waals surface area contributed by atoms with Crippen molar-refractivity contribution in [2.75, 3.05) is 18.9 Å².